The number of carbonyl (C=O) groups excluding carboxylic acids is 4. The number of hydrogen-bond acceptors (Lipinski definition) is 15. The first-order valence-corrected chi connectivity index (χ1v) is 38.1. The highest BCUT2D eigenvalue weighted by atomic mass is 31.2. The van der Waals surface area contributed by atoms with E-state index in [1.165, 1.54) is 83.5 Å². The highest BCUT2D eigenvalue weighted by molar-refractivity contribution is 7.47. The molecular formula is C70H128O17P2. The van der Waals surface area contributed by atoms with Gasteiger partial charge in [-0.2, -0.15) is 0 Å². The largest absolute Gasteiger partial charge is 0.472 e. The fraction of sp³-hybridized carbons (Fsp3) is 0.829. The maximum Gasteiger partial charge on any atom is 0.472 e. The molecule has 0 heterocycles. The van der Waals surface area contributed by atoms with Crippen LogP contribution in [0.1, 0.15) is 305 Å². The summed E-state index contributed by atoms with van der Waals surface area (Å²) < 4.78 is 68.1. The number of unbranched alkanes of at least 4 members (excludes halogenated alkanes) is 29. The van der Waals surface area contributed by atoms with Crippen molar-refractivity contribution in [1.82, 2.24) is 0 Å². The summed E-state index contributed by atoms with van der Waals surface area (Å²) in [5, 5.41) is 10.6. The van der Waals surface area contributed by atoms with Gasteiger partial charge >= 0.3 is 39.5 Å². The fourth-order valence-electron chi connectivity index (χ4n) is 9.51. The number of aliphatic hydroxyl groups is 1. The van der Waals surface area contributed by atoms with E-state index in [2.05, 4.69) is 90.2 Å². The quantitative estimate of drug-likeness (QED) is 0.0169. The molecule has 0 aliphatic heterocycles. The zero-order chi connectivity index (χ0) is 65.7. The van der Waals surface area contributed by atoms with E-state index in [4.69, 9.17) is 37.0 Å². The zero-order valence-electron chi connectivity index (χ0n) is 56.7. The summed E-state index contributed by atoms with van der Waals surface area (Å²) in [4.78, 5) is 72.4. The highest BCUT2D eigenvalue weighted by Crippen LogP contribution is 2.45. The van der Waals surface area contributed by atoms with Gasteiger partial charge in [0.25, 0.3) is 0 Å². The Morgan fingerprint density at radius 1 is 0.348 bits per heavy atom. The molecule has 0 saturated carbocycles. The van der Waals surface area contributed by atoms with E-state index in [-0.39, 0.29) is 25.7 Å². The molecule has 0 saturated heterocycles. The molecule has 5 atom stereocenters. The van der Waals surface area contributed by atoms with E-state index < -0.39 is 97.5 Å². The van der Waals surface area contributed by atoms with Crippen LogP contribution in [0.25, 0.3) is 0 Å². The summed E-state index contributed by atoms with van der Waals surface area (Å²) >= 11 is 0. The fourth-order valence-corrected chi connectivity index (χ4v) is 11.1. The molecule has 89 heavy (non-hydrogen) atoms. The summed E-state index contributed by atoms with van der Waals surface area (Å²) in [5.74, 6) is -0.816. The van der Waals surface area contributed by atoms with E-state index >= 15 is 0 Å². The molecule has 0 radical (unpaired) electrons. The number of phosphoric ester groups is 2. The predicted molar refractivity (Wildman–Crippen MR) is 358 cm³/mol. The summed E-state index contributed by atoms with van der Waals surface area (Å²) in [6, 6.07) is 0. The Kier molecular flexibility index (Phi) is 59.2. The third kappa shape index (κ3) is 63.6. The van der Waals surface area contributed by atoms with Crippen LogP contribution in [0.5, 0.6) is 0 Å². The van der Waals surface area contributed by atoms with Crippen molar-refractivity contribution < 1.29 is 80.2 Å². The molecule has 17 nitrogen and oxygen atoms in total. The molecule has 0 amide bonds. The van der Waals surface area contributed by atoms with Gasteiger partial charge in [-0.3, -0.25) is 37.3 Å². The molecule has 2 unspecified atom stereocenters. The van der Waals surface area contributed by atoms with Gasteiger partial charge in [-0.25, -0.2) is 9.13 Å². The first kappa shape index (κ1) is 86.0. The number of rotatable bonds is 65. The van der Waals surface area contributed by atoms with Gasteiger partial charge in [-0.15, -0.1) is 0 Å². The van der Waals surface area contributed by atoms with Crippen LogP contribution in [0.4, 0.5) is 0 Å². The van der Waals surface area contributed by atoms with Gasteiger partial charge in [0.15, 0.2) is 12.2 Å². The molecule has 520 valence electrons. The Morgan fingerprint density at radius 2 is 0.607 bits per heavy atom. The van der Waals surface area contributed by atoms with Crippen LogP contribution in [-0.4, -0.2) is 96.7 Å². The predicted octanol–water partition coefficient (Wildman–Crippen LogP) is 19.1. The second-order valence-electron chi connectivity index (χ2n) is 24.8. The van der Waals surface area contributed by atoms with Gasteiger partial charge in [0.05, 0.1) is 26.4 Å². The van der Waals surface area contributed by atoms with Gasteiger partial charge in [0.1, 0.15) is 19.3 Å². The van der Waals surface area contributed by atoms with Gasteiger partial charge in [0.2, 0.25) is 0 Å². The Labute approximate surface area is 540 Å². The third-order valence-corrected chi connectivity index (χ3v) is 16.9. The van der Waals surface area contributed by atoms with Crippen molar-refractivity contribution in [2.75, 3.05) is 39.6 Å². The van der Waals surface area contributed by atoms with E-state index in [1.807, 2.05) is 0 Å². The first-order valence-electron chi connectivity index (χ1n) is 35.1. The third-order valence-electron chi connectivity index (χ3n) is 15.0. The van der Waals surface area contributed by atoms with Crippen LogP contribution >= 0.6 is 15.6 Å². The molecule has 0 rings (SSSR count). The number of carbonyl (C=O) groups is 4. The molecular weight excluding hydrogens is 1170 g/mol. The summed E-state index contributed by atoms with van der Waals surface area (Å²) in [6.45, 7) is 9.26. The molecule has 19 heteroatoms. The second-order valence-corrected chi connectivity index (χ2v) is 27.8. The number of ether oxygens (including phenoxy) is 4. The van der Waals surface area contributed by atoms with Crippen LogP contribution in [0, 0.1) is 11.8 Å². The highest BCUT2D eigenvalue weighted by Gasteiger charge is 2.30. The number of esters is 4. The number of aliphatic hydroxyl groups excluding tert-OH is 1. The lowest BCUT2D eigenvalue weighted by molar-refractivity contribution is -0.161. The standard InChI is InChI=1S/C70H128O17P2/c1-7-9-11-13-15-17-19-21-23-25-27-29-33-42-48-54-69(74)86-65(58-80-67(72)52-46-40-35-31-32-38-44-50-62(3)4)60-84-88(76,77)82-56-64(71)57-83-89(78,79)85-61-66(59-81-68(73)53-47-41-37-36-39-45-51-63(5)6)87-70(75)55-49-43-34-30-28-26-24-22-20-18-16-14-12-10-8-2/h17-24,62-66,71H,7-16,25-61H2,1-6H3,(H,76,77)(H,78,79)/b19-17-,20-18-,23-21-,24-22-/t64-,65-,66-/m1/s1. The number of hydrogen-bond donors (Lipinski definition) is 3. The Morgan fingerprint density at radius 3 is 0.910 bits per heavy atom. The van der Waals surface area contributed by atoms with Crippen LogP contribution in [-0.2, 0) is 65.4 Å². The lowest BCUT2D eigenvalue weighted by Gasteiger charge is -2.21. The normalized spacial score (nSPS) is 14.5. The summed E-state index contributed by atoms with van der Waals surface area (Å²) in [7, 11) is -9.92. The van der Waals surface area contributed by atoms with Crippen molar-refractivity contribution in [2.45, 2.75) is 323 Å². The van der Waals surface area contributed by atoms with Crippen molar-refractivity contribution >= 4 is 39.5 Å². The smallest absolute Gasteiger partial charge is 0.462 e. The summed E-state index contributed by atoms with van der Waals surface area (Å²) in [6.07, 6.45) is 51.9. The van der Waals surface area contributed by atoms with Crippen molar-refractivity contribution in [1.29, 1.82) is 0 Å². The average molecular weight is 1300 g/mol. The minimum atomic E-state index is -4.96. The van der Waals surface area contributed by atoms with Crippen LogP contribution < -0.4 is 0 Å². The lowest BCUT2D eigenvalue weighted by atomic mass is 10.0. The van der Waals surface area contributed by atoms with Gasteiger partial charge in [-0.1, -0.05) is 251 Å². The van der Waals surface area contributed by atoms with Crippen LogP contribution in [0.2, 0.25) is 0 Å². The number of allylic oxidation sites excluding steroid dienone is 8. The molecule has 0 aromatic carbocycles. The zero-order valence-corrected chi connectivity index (χ0v) is 58.5. The van der Waals surface area contributed by atoms with Crippen molar-refractivity contribution in [3.05, 3.63) is 48.6 Å². The molecule has 0 aliphatic rings. The van der Waals surface area contributed by atoms with E-state index in [0.29, 0.717) is 37.5 Å². The minimum absolute atomic E-state index is 0.0811. The van der Waals surface area contributed by atoms with E-state index in [1.54, 1.807) is 0 Å². The molecule has 0 bridgehead atoms. The monoisotopic (exact) mass is 1300 g/mol. The van der Waals surface area contributed by atoms with Gasteiger partial charge in [0, 0.05) is 25.7 Å². The maximum absolute atomic E-state index is 13.0. The van der Waals surface area contributed by atoms with Gasteiger partial charge in [-0.05, 0) is 88.9 Å². The topological polar surface area (TPSA) is 237 Å². The molecule has 0 spiro atoms. The van der Waals surface area contributed by atoms with Crippen molar-refractivity contribution in [3.63, 3.8) is 0 Å². The maximum atomic E-state index is 13.0. The first-order chi connectivity index (χ1) is 42.9. The molecule has 0 aromatic rings. The SMILES string of the molecule is CCCCCC/C=C\C=C/CCCCCCCC(=O)O[C@H](COC(=O)CCCCCCCCCC(C)C)COP(=O)(O)OC[C@@H](O)COP(=O)(O)OC[C@@H](COC(=O)CCCCCCCCC(C)C)OC(=O)CCCCCCC/C=C\C=C/CCCCCC. The van der Waals surface area contributed by atoms with Crippen molar-refractivity contribution in [3.8, 4) is 0 Å². The number of phosphoric acid groups is 2. The molecule has 0 aromatic heterocycles. The Hall–Kier alpha value is -2.98. The van der Waals surface area contributed by atoms with Crippen LogP contribution in [0.15, 0.2) is 48.6 Å². The molecule has 0 fully saturated rings. The van der Waals surface area contributed by atoms with Gasteiger partial charge < -0.3 is 33.8 Å². The second kappa shape index (κ2) is 61.2. The Balaban J connectivity index is 5.30. The Bertz CT molecular complexity index is 1920. The minimum Gasteiger partial charge on any atom is -0.462 e. The van der Waals surface area contributed by atoms with Crippen molar-refractivity contribution in [2.24, 2.45) is 11.8 Å². The molecule has 0 aliphatic carbocycles. The molecule has 3 N–H and O–H groups in total. The van der Waals surface area contributed by atoms with E-state index in [0.717, 1.165) is 128 Å². The summed E-state index contributed by atoms with van der Waals surface area (Å²) in [5.41, 5.74) is 0. The average Bonchev–Trinajstić information content (AvgIpc) is 3.71. The van der Waals surface area contributed by atoms with E-state index in [9.17, 15) is 43.2 Å². The van der Waals surface area contributed by atoms with Crippen LogP contribution in [0.3, 0.4) is 0 Å². The lowest BCUT2D eigenvalue weighted by Crippen LogP contribution is -2.30.